The molecule has 9 nitrogen and oxygen atoms in total. The van der Waals surface area contributed by atoms with E-state index in [2.05, 4.69) is 20.1 Å². The number of aromatic nitrogens is 4. The second-order valence-electron chi connectivity index (χ2n) is 11.4. The minimum absolute atomic E-state index is 0. The number of allylic oxidation sites excluding steroid dienone is 1. The molecule has 2 aliphatic carbocycles. The van der Waals surface area contributed by atoms with Gasteiger partial charge in [0.05, 0.1) is 6.33 Å². The highest BCUT2D eigenvalue weighted by Crippen LogP contribution is 2.34. The topological polar surface area (TPSA) is 114 Å². The fourth-order valence-electron chi connectivity index (χ4n) is 6.24. The van der Waals surface area contributed by atoms with Crippen molar-refractivity contribution in [3.63, 3.8) is 0 Å². The summed E-state index contributed by atoms with van der Waals surface area (Å²) in [5.41, 5.74) is 8.63. The molecule has 1 saturated heterocycles. The number of nitrogens with two attached hydrogens (primary N) is 1. The number of halogens is 2. The Kier molecular flexibility index (Phi) is 10.9. The van der Waals surface area contributed by atoms with Crippen molar-refractivity contribution in [2.75, 3.05) is 23.7 Å². The van der Waals surface area contributed by atoms with Crippen LogP contribution in [-0.2, 0) is 0 Å². The lowest BCUT2D eigenvalue weighted by atomic mass is 9.92. The van der Waals surface area contributed by atoms with Crippen LogP contribution in [0, 0.1) is 0 Å². The molecular weight excluding hydrogens is 559 g/mol. The van der Waals surface area contributed by atoms with E-state index in [4.69, 9.17) is 20.7 Å². The Morgan fingerprint density at radius 1 is 0.878 bits per heavy atom. The number of anilines is 2. The van der Waals surface area contributed by atoms with Crippen LogP contribution in [0.5, 0.6) is 0 Å². The quantitative estimate of drug-likeness (QED) is 0.221. The lowest BCUT2D eigenvalue weighted by Crippen LogP contribution is -2.36. The number of hydrogen-bond donors (Lipinski definition) is 3. The van der Waals surface area contributed by atoms with Crippen LogP contribution < -0.4 is 16.4 Å². The Labute approximate surface area is 254 Å². The van der Waals surface area contributed by atoms with Crippen molar-refractivity contribution in [1.29, 1.82) is 0 Å². The molecule has 0 atom stereocenters. The van der Waals surface area contributed by atoms with E-state index in [-0.39, 0.29) is 36.6 Å². The Balaban J connectivity index is 0.00000194. The van der Waals surface area contributed by atoms with Crippen molar-refractivity contribution in [1.82, 2.24) is 24.4 Å². The number of hydrogen-bond acceptors (Lipinski definition) is 8. The molecule has 3 heterocycles. The molecule has 0 spiro atoms. The van der Waals surface area contributed by atoms with Gasteiger partial charge in [-0.15, -0.1) is 24.8 Å². The summed E-state index contributed by atoms with van der Waals surface area (Å²) in [5.74, 6) is 1.54. The van der Waals surface area contributed by atoms with Crippen LogP contribution >= 0.6 is 24.8 Å². The minimum atomic E-state index is 0. The Morgan fingerprint density at radius 3 is 2.27 bits per heavy atom. The predicted molar refractivity (Wildman–Crippen MR) is 169 cm³/mol. The van der Waals surface area contributed by atoms with E-state index in [0.29, 0.717) is 24.1 Å². The Hall–Kier alpha value is -2.88. The first-order chi connectivity index (χ1) is 19.1. The van der Waals surface area contributed by atoms with Crippen molar-refractivity contribution >= 4 is 53.5 Å². The van der Waals surface area contributed by atoms with Crippen molar-refractivity contribution in [3.8, 4) is 0 Å². The van der Waals surface area contributed by atoms with Crippen LogP contribution in [0.4, 0.5) is 11.8 Å². The zero-order chi connectivity index (χ0) is 26.6. The van der Waals surface area contributed by atoms with E-state index in [1.165, 1.54) is 25.7 Å². The van der Waals surface area contributed by atoms with E-state index in [1.807, 2.05) is 42.9 Å². The molecule has 6 rings (SSSR count). The van der Waals surface area contributed by atoms with Crippen molar-refractivity contribution in [2.45, 2.75) is 88.4 Å². The number of nitrogens with one attached hydrogen (secondary N) is 2. The van der Waals surface area contributed by atoms with E-state index in [9.17, 15) is 4.79 Å². The van der Waals surface area contributed by atoms with Crippen LogP contribution in [0.1, 0.15) is 80.6 Å². The summed E-state index contributed by atoms with van der Waals surface area (Å²) < 4.78 is 2.27. The molecule has 11 heteroatoms. The summed E-state index contributed by atoms with van der Waals surface area (Å²) in [6, 6.07) is 10.8. The molecule has 222 valence electrons. The van der Waals surface area contributed by atoms with E-state index >= 15 is 0 Å². The predicted octanol–water partition coefficient (Wildman–Crippen LogP) is 5.74. The second kappa shape index (κ2) is 14.3. The second-order valence-corrected chi connectivity index (χ2v) is 11.4. The van der Waals surface area contributed by atoms with E-state index < -0.39 is 0 Å². The monoisotopic (exact) mass is 600 g/mol. The largest absolute Gasteiger partial charge is 0.377 e. The smallest absolute Gasteiger partial charge is 0.227 e. The van der Waals surface area contributed by atoms with Gasteiger partial charge in [-0.1, -0.05) is 43.2 Å². The SMILES string of the molecule is Cl.Cl.N[C@H]1CC[C@H](Nc2nc(NC3CCN(/C=C/C(=O)c4ccccc4)CC3)c3ncn(C4CCCC4)c3n2)CC1. The number of carbonyl (C=O) groups excluding carboxylic acids is 1. The molecular formula is C30H42Cl2N8O. The number of carbonyl (C=O) groups is 1. The summed E-state index contributed by atoms with van der Waals surface area (Å²) in [7, 11) is 0. The lowest BCUT2D eigenvalue weighted by Gasteiger charge is -2.32. The van der Waals surface area contributed by atoms with Gasteiger partial charge in [0, 0.05) is 55.1 Å². The van der Waals surface area contributed by atoms with Crippen LogP contribution in [0.2, 0.25) is 0 Å². The highest BCUT2D eigenvalue weighted by Gasteiger charge is 2.25. The van der Waals surface area contributed by atoms with Gasteiger partial charge in [-0.25, -0.2) is 4.98 Å². The number of fused-ring (bicyclic) bond motifs is 1. The maximum absolute atomic E-state index is 12.4. The minimum Gasteiger partial charge on any atom is -0.377 e. The van der Waals surface area contributed by atoms with Crippen LogP contribution in [0.3, 0.4) is 0 Å². The lowest BCUT2D eigenvalue weighted by molar-refractivity contribution is 0.104. The zero-order valence-electron chi connectivity index (χ0n) is 23.5. The van der Waals surface area contributed by atoms with Gasteiger partial charge in [-0.3, -0.25) is 4.79 Å². The maximum atomic E-state index is 12.4. The molecule has 41 heavy (non-hydrogen) atoms. The fraction of sp³-hybridized carbons (Fsp3) is 0.533. The average molecular weight is 602 g/mol. The molecule has 0 radical (unpaired) electrons. The molecule has 3 aliphatic rings. The standard InChI is InChI=1S/C30H40N8O.2ClH/c31-22-10-12-23(13-11-22)34-30-35-28(27-29(36-30)38(20-32-27)25-8-4-5-9-25)33-24-14-17-37(18-15-24)19-16-26(39)21-6-2-1-3-7-21;;/h1-3,6-7,16,19-20,22-25H,4-5,8-15,17-18,31H2,(H2,33,34,35,36);2*1H/b19-16+;;/t22-,23-;;. The molecule has 3 fully saturated rings. The normalized spacial score (nSPS) is 21.9. The molecule has 4 N–H and O–H groups in total. The molecule has 3 aromatic rings. The number of benzene rings is 1. The average Bonchev–Trinajstić information content (AvgIpc) is 3.65. The van der Waals surface area contributed by atoms with Crippen LogP contribution in [0.15, 0.2) is 48.9 Å². The number of rotatable bonds is 8. The van der Waals surface area contributed by atoms with Gasteiger partial charge in [0.15, 0.2) is 22.8 Å². The van der Waals surface area contributed by atoms with Crippen molar-refractivity contribution < 1.29 is 4.79 Å². The third-order valence-corrected chi connectivity index (χ3v) is 8.61. The van der Waals surface area contributed by atoms with Gasteiger partial charge >= 0.3 is 0 Å². The summed E-state index contributed by atoms with van der Waals surface area (Å²) in [4.78, 5) is 29.4. The van der Waals surface area contributed by atoms with Crippen LogP contribution in [-0.4, -0.2) is 61.4 Å². The van der Waals surface area contributed by atoms with Crippen molar-refractivity contribution in [3.05, 3.63) is 54.5 Å². The van der Waals surface area contributed by atoms with Gasteiger partial charge in [0.25, 0.3) is 0 Å². The Bertz CT molecular complexity index is 1290. The van der Waals surface area contributed by atoms with Gasteiger partial charge in [-0.2, -0.15) is 9.97 Å². The number of ketones is 1. The van der Waals surface area contributed by atoms with E-state index in [1.54, 1.807) is 6.08 Å². The first kappa shape index (κ1) is 31.1. The number of piperidine rings is 1. The van der Waals surface area contributed by atoms with Gasteiger partial charge < -0.3 is 25.8 Å². The summed E-state index contributed by atoms with van der Waals surface area (Å²) in [6.07, 6.45) is 16.6. The van der Waals surface area contributed by atoms with Crippen molar-refractivity contribution in [2.24, 2.45) is 5.73 Å². The van der Waals surface area contributed by atoms with Crippen LogP contribution in [0.25, 0.3) is 11.2 Å². The summed E-state index contributed by atoms with van der Waals surface area (Å²) in [6.45, 7) is 1.77. The zero-order valence-corrected chi connectivity index (χ0v) is 25.1. The summed E-state index contributed by atoms with van der Waals surface area (Å²) in [5, 5.41) is 7.34. The summed E-state index contributed by atoms with van der Waals surface area (Å²) >= 11 is 0. The first-order valence-electron chi connectivity index (χ1n) is 14.7. The van der Waals surface area contributed by atoms with Gasteiger partial charge in [0.2, 0.25) is 5.95 Å². The number of imidazole rings is 1. The molecule has 2 aromatic heterocycles. The highest BCUT2D eigenvalue weighted by molar-refractivity contribution is 6.04. The third-order valence-electron chi connectivity index (χ3n) is 8.61. The molecule has 1 aliphatic heterocycles. The van der Waals surface area contributed by atoms with E-state index in [0.717, 1.165) is 74.2 Å². The molecule has 1 aromatic carbocycles. The molecule has 0 amide bonds. The number of likely N-dealkylation sites (tertiary alicyclic amines) is 1. The fourth-order valence-corrected chi connectivity index (χ4v) is 6.24. The first-order valence-corrected chi connectivity index (χ1v) is 14.7. The highest BCUT2D eigenvalue weighted by atomic mass is 35.5. The molecule has 0 unspecified atom stereocenters. The number of nitrogens with zero attached hydrogens (tertiary/aromatic N) is 5. The Morgan fingerprint density at radius 2 is 1.56 bits per heavy atom. The molecule has 0 bridgehead atoms. The molecule has 2 saturated carbocycles. The third kappa shape index (κ3) is 7.50. The maximum Gasteiger partial charge on any atom is 0.227 e. The van der Waals surface area contributed by atoms with Gasteiger partial charge in [0.1, 0.15) is 0 Å². The van der Waals surface area contributed by atoms with Gasteiger partial charge in [-0.05, 0) is 51.4 Å².